The molecule has 2 saturated heterocycles. The molecule has 3 heterocycles. The van der Waals surface area contributed by atoms with E-state index in [-0.39, 0.29) is 17.2 Å². The van der Waals surface area contributed by atoms with Crippen molar-refractivity contribution in [2.24, 2.45) is 5.41 Å². The van der Waals surface area contributed by atoms with Crippen LogP contribution in [0.1, 0.15) is 41.8 Å². The molecule has 1 aromatic rings. The predicted octanol–water partition coefficient (Wildman–Crippen LogP) is 2.08. The molecule has 0 bridgehead atoms. The van der Waals surface area contributed by atoms with Gasteiger partial charge < -0.3 is 19.0 Å². The number of likely N-dealkylation sites (tertiary alicyclic amines) is 2. The number of hydrogen-bond acceptors (Lipinski definition) is 4. The van der Waals surface area contributed by atoms with Gasteiger partial charge in [0.1, 0.15) is 5.76 Å². The van der Waals surface area contributed by atoms with Gasteiger partial charge in [0.05, 0.1) is 23.8 Å². The van der Waals surface area contributed by atoms with Crippen LogP contribution < -0.4 is 0 Å². The number of nitrogens with zero attached hydrogens (tertiary/aromatic N) is 2. The lowest BCUT2D eigenvalue weighted by Gasteiger charge is -2.26. The number of rotatable bonds is 4. The molecule has 2 aliphatic heterocycles. The molecule has 2 fully saturated rings. The summed E-state index contributed by atoms with van der Waals surface area (Å²) in [6.07, 6.45) is 4.92. The second kappa shape index (κ2) is 6.97. The number of carbonyl (C=O) groups is 2. The molecule has 132 valence electrons. The zero-order valence-electron chi connectivity index (χ0n) is 14.5. The van der Waals surface area contributed by atoms with Gasteiger partial charge in [-0.05, 0) is 38.7 Å². The molecule has 6 heteroatoms. The minimum Gasteiger partial charge on any atom is -0.469 e. The maximum atomic E-state index is 12.9. The van der Waals surface area contributed by atoms with E-state index in [1.165, 1.54) is 0 Å². The molecule has 0 aromatic carbocycles. The van der Waals surface area contributed by atoms with E-state index in [1.807, 2.05) is 9.80 Å². The summed E-state index contributed by atoms with van der Waals surface area (Å²) < 4.78 is 10.3. The first-order valence-electron chi connectivity index (χ1n) is 8.69. The topological polar surface area (TPSA) is 63.0 Å². The molecule has 6 nitrogen and oxygen atoms in total. The molecule has 3 rings (SSSR count). The maximum absolute atomic E-state index is 12.9. The van der Waals surface area contributed by atoms with Crippen molar-refractivity contribution in [3.8, 4) is 0 Å². The standard InChI is InChI=1S/C18H26N2O4/c1-14-15(4-12-24-14)16(21)19-8-3-5-18(6-9-19)7-10-20(17(18)22)11-13-23-2/h4,12H,3,5-11,13H2,1-2H3/t18-/m1/s1. The summed E-state index contributed by atoms with van der Waals surface area (Å²) in [4.78, 5) is 29.3. The number of ether oxygens (including phenoxy) is 1. The zero-order valence-corrected chi connectivity index (χ0v) is 14.5. The third-order valence-electron chi connectivity index (χ3n) is 5.49. The van der Waals surface area contributed by atoms with Crippen molar-refractivity contribution in [1.29, 1.82) is 0 Å². The lowest BCUT2D eigenvalue weighted by molar-refractivity contribution is -0.137. The molecule has 0 aliphatic carbocycles. The predicted molar refractivity (Wildman–Crippen MR) is 88.7 cm³/mol. The third-order valence-corrected chi connectivity index (χ3v) is 5.49. The van der Waals surface area contributed by atoms with E-state index in [1.54, 1.807) is 26.4 Å². The average molecular weight is 334 g/mol. The van der Waals surface area contributed by atoms with Gasteiger partial charge in [-0.3, -0.25) is 9.59 Å². The van der Waals surface area contributed by atoms with Gasteiger partial charge in [-0.25, -0.2) is 0 Å². The summed E-state index contributed by atoms with van der Waals surface area (Å²) in [5, 5.41) is 0. The van der Waals surface area contributed by atoms with E-state index in [2.05, 4.69) is 0 Å². The molecule has 24 heavy (non-hydrogen) atoms. The van der Waals surface area contributed by atoms with Crippen LogP contribution in [-0.2, 0) is 9.53 Å². The lowest BCUT2D eigenvalue weighted by Crippen LogP contribution is -2.37. The molecular formula is C18H26N2O4. The quantitative estimate of drug-likeness (QED) is 0.846. The summed E-state index contributed by atoms with van der Waals surface area (Å²) >= 11 is 0. The minimum absolute atomic E-state index is 0.0139. The summed E-state index contributed by atoms with van der Waals surface area (Å²) in [6.45, 7) is 5.18. The Morgan fingerprint density at radius 3 is 2.79 bits per heavy atom. The van der Waals surface area contributed by atoms with Crippen LogP contribution in [0.15, 0.2) is 16.7 Å². The molecular weight excluding hydrogens is 308 g/mol. The summed E-state index contributed by atoms with van der Waals surface area (Å²) in [7, 11) is 1.66. The SMILES string of the molecule is COCCN1CC[C@]2(CCCN(C(=O)c3ccoc3C)CC2)C1=O. The van der Waals surface area contributed by atoms with Gasteiger partial charge in [0.2, 0.25) is 5.91 Å². The Morgan fingerprint density at radius 1 is 1.29 bits per heavy atom. The fraction of sp³-hybridized carbons (Fsp3) is 0.667. The number of aryl methyl sites for hydroxylation is 1. The molecule has 2 amide bonds. The van der Waals surface area contributed by atoms with E-state index in [0.717, 1.165) is 32.2 Å². The summed E-state index contributed by atoms with van der Waals surface area (Å²) in [5.74, 6) is 0.912. The number of carbonyl (C=O) groups excluding carboxylic acids is 2. The van der Waals surface area contributed by atoms with Crippen LogP contribution in [0.4, 0.5) is 0 Å². The monoisotopic (exact) mass is 334 g/mol. The fourth-order valence-electron chi connectivity index (χ4n) is 3.95. The highest BCUT2D eigenvalue weighted by molar-refractivity contribution is 5.95. The van der Waals surface area contributed by atoms with Gasteiger partial charge in [-0.15, -0.1) is 0 Å². The average Bonchev–Trinajstić information content (AvgIpc) is 3.04. The molecule has 1 spiro atoms. The Hall–Kier alpha value is -1.82. The Balaban J connectivity index is 1.66. The molecule has 0 unspecified atom stereocenters. The van der Waals surface area contributed by atoms with Crippen molar-refractivity contribution in [3.63, 3.8) is 0 Å². The number of amides is 2. The summed E-state index contributed by atoms with van der Waals surface area (Å²) in [6, 6.07) is 1.73. The minimum atomic E-state index is -0.284. The number of methoxy groups -OCH3 is 1. The van der Waals surface area contributed by atoms with Crippen molar-refractivity contribution in [2.45, 2.75) is 32.6 Å². The van der Waals surface area contributed by atoms with Crippen LogP contribution in [0.25, 0.3) is 0 Å². The van der Waals surface area contributed by atoms with Gasteiger partial charge in [0, 0.05) is 33.3 Å². The van der Waals surface area contributed by atoms with E-state index >= 15 is 0 Å². The summed E-state index contributed by atoms with van der Waals surface area (Å²) in [5.41, 5.74) is 0.346. The number of furan rings is 1. The van der Waals surface area contributed by atoms with Crippen LogP contribution in [0.2, 0.25) is 0 Å². The Kier molecular flexibility index (Phi) is 4.94. The maximum Gasteiger partial charge on any atom is 0.257 e. The van der Waals surface area contributed by atoms with E-state index in [0.29, 0.717) is 37.6 Å². The van der Waals surface area contributed by atoms with Crippen molar-refractivity contribution in [2.75, 3.05) is 39.9 Å². The third kappa shape index (κ3) is 3.07. The second-order valence-corrected chi connectivity index (χ2v) is 6.85. The number of hydrogen-bond donors (Lipinski definition) is 0. The largest absolute Gasteiger partial charge is 0.469 e. The van der Waals surface area contributed by atoms with Crippen LogP contribution in [0.3, 0.4) is 0 Å². The molecule has 1 aromatic heterocycles. The highest BCUT2D eigenvalue weighted by Gasteiger charge is 2.47. The van der Waals surface area contributed by atoms with Crippen molar-refractivity contribution in [3.05, 3.63) is 23.7 Å². The normalized spacial score (nSPS) is 24.7. The highest BCUT2D eigenvalue weighted by atomic mass is 16.5. The van der Waals surface area contributed by atoms with E-state index < -0.39 is 0 Å². The van der Waals surface area contributed by atoms with Crippen LogP contribution in [0, 0.1) is 12.3 Å². The van der Waals surface area contributed by atoms with Crippen LogP contribution in [0.5, 0.6) is 0 Å². The molecule has 2 aliphatic rings. The molecule has 0 saturated carbocycles. The zero-order chi connectivity index (χ0) is 17.2. The van der Waals surface area contributed by atoms with Crippen LogP contribution >= 0.6 is 0 Å². The first-order valence-corrected chi connectivity index (χ1v) is 8.69. The Labute approximate surface area is 142 Å². The Bertz CT molecular complexity index is 612. The van der Waals surface area contributed by atoms with Crippen molar-refractivity contribution < 1.29 is 18.7 Å². The van der Waals surface area contributed by atoms with Crippen molar-refractivity contribution in [1.82, 2.24) is 9.80 Å². The fourth-order valence-corrected chi connectivity index (χ4v) is 3.95. The van der Waals surface area contributed by atoms with E-state index in [4.69, 9.17) is 9.15 Å². The first-order chi connectivity index (χ1) is 11.6. The molecule has 0 radical (unpaired) electrons. The van der Waals surface area contributed by atoms with E-state index in [9.17, 15) is 9.59 Å². The van der Waals surface area contributed by atoms with Crippen molar-refractivity contribution >= 4 is 11.8 Å². The van der Waals surface area contributed by atoms with Gasteiger partial charge in [-0.1, -0.05) is 0 Å². The Morgan fingerprint density at radius 2 is 2.08 bits per heavy atom. The van der Waals surface area contributed by atoms with Gasteiger partial charge in [0.15, 0.2) is 0 Å². The molecule has 0 N–H and O–H groups in total. The first kappa shape index (κ1) is 17.0. The smallest absolute Gasteiger partial charge is 0.257 e. The highest BCUT2D eigenvalue weighted by Crippen LogP contribution is 2.41. The van der Waals surface area contributed by atoms with Gasteiger partial charge in [0.25, 0.3) is 5.91 Å². The van der Waals surface area contributed by atoms with Crippen LogP contribution in [-0.4, -0.2) is 61.5 Å². The van der Waals surface area contributed by atoms with Gasteiger partial charge >= 0.3 is 0 Å². The van der Waals surface area contributed by atoms with Gasteiger partial charge in [-0.2, -0.15) is 0 Å². The molecule has 1 atom stereocenters. The lowest BCUT2D eigenvalue weighted by atomic mass is 9.79. The second-order valence-electron chi connectivity index (χ2n) is 6.85.